The summed E-state index contributed by atoms with van der Waals surface area (Å²) in [5.41, 5.74) is 5.65. The molecule has 98 valence electrons. The molecule has 0 heterocycles. The molecule has 3 nitrogen and oxygen atoms in total. The van der Waals surface area contributed by atoms with Gasteiger partial charge in [0, 0.05) is 13.0 Å². The molecule has 3 N–H and O–H groups in total. The smallest absolute Gasteiger partial charge is 0.220 e. The third kappa shape index (κ3) is 3.44. The molecule has 0 aromatic rings. The van der Waals surface area contributed by atoms with Gasteiger partial charge in [-0.3, -0.25) is 4.79 Å². The Morgan fingerprint density at radius 1 is 1.29 bits per heavy atom. The van der Waals surface area contributed by atoms with Crippen LogP contribution in [-0.4, -0.2) is 18.0 Å². The second-order valence-electron chi connectivity index (χ2n) is 6.13. The lowest BCUT2D eigenvalue weighted by molar-refractivity contribution is -0.123. The van der Waals surface area contributed by atoms with E-state index in [2.05, 4.69) is 12.2 Å². The average Bonchev–Trinajstić information content (AvgIpc) is 3.05. The van der Waals surface area contributed by atoms with Crippen molar-refractivity contribution in [3.05, 3.63) is 0 Å². The van der Waals surface area contributed by atoms with Crippen molar-refractivity contribution in [2.75, 3.05) is 6.54 Å². The predicted octanol–water partition coefficient (Wildman–Crippen LogP) is 2.20. The highest BCUT2D eigenvalue weighted by atomic mass is 16.1. The minimum Gasteiger partial charge on any atom is -0.349 e. The maximum Gasteiger partial charge on any atom is 0.220 e. The molecule has 17 heavy (non-hydrogen) atoms. The van der Waals surface area contributed by atoms with Crippen molar-refractivity contribution in [1.82, 2.24) is 5.32 Å². The van der Waals surface area contributed by atoms with Gasteiger partial charge in [-0.2, -0.15) is 0 Å². The SMILES string of the molecule is CC(CN)(NC(=O)CCC1CCCC1)C1CC1. The zero-order valence-electron chi connectivity index (χ0n) is 11.0. The van der Waals surface area contributed by atoms with Crippen LogP contribution in [0.1, 0.15) is 58.3 Å². The number of hydrogen-bond acceptors (Lipinski definition) is 2. The van der Waals surface area contributed by atoms with Crippen LogP contribution in [0.15, 0.2) is 0 Å². The maximum absolute atomic E-state index is 11.9. The molecule has 2 fully saturated rings. The number of rotatable bonds is 6. The standard InChI is InChI=1S/C14H26N2O/c1-14(10-15,12-7-8-12)16-13(17)9-6-11-4-2-3-5-11/h11-12H,2-10,15H2,1H3,(H,16,17). The van der Waals surface area contributed by atoms with Gasteiger partial charge in [0.15, 0.2) is 0 Å². The van der Waals surface area contributed by atoms with Crippen LogP contribution < -0.4 is 11.1 Å². The third-order valence-electron chi connectivity index (χ3n) is 4.58. The van der Waals surface area contributed by atoms with Gasteiger partial charge in [0.1, 0.15) is 0 Å². The molecule has 2 saturated carbocycles. The first-order valence-electron chi connectivity index (χ1n) is 7.15. The highest BCUT2D eigenvalue weighted by molar-refractivity contribution is 5.76. The zero-order valence-corrected chi connectivity index (χ0v) is 11.0. The minimum atomic E-state index is -0.146. The molecular weight excluding hydrogens is 212 g/mol. The summed E-state index contributed by atoms with van der Waals surface area (Å²) in [6, 6.07) is 0. The summed E-state index contributed by atoms with van der Waals surface area (Å²) in [5.74, 6) is 1.62. The monoisotopic (exact) mass is 238 g/mol. The normalized spacial score (nSPS) is 24.6. The summed E-state index contributed by atoms with van der Waals surface area (Å²) in [6.45, 7) is 2.66. The number of carbonyl (C=O) groups excluding carboxylic acids is 1. The van der Waals surface area contributed by atoms with Crippen molar-refractivity contribution in [2.24, 2.45) is 17.6 Å². The van der Waals surface area contributed by atoms with Gasteiger partial charge in [0.25, 0.3) is 0 Å². The van der Waals surface area contributed by atoms with E-state index in [-0.39, 0.29) is 11.4 Å². The molecule has 2 aliphatic rings. The molecule has 0 spiro atoms. The van der Waals surface area contributed by atoms with Crippen LogP contribution in [0.4, 0.5) is 0 Å². The maximum atomic E-state index is 11.9. The van der Waals surface area contributed by atoms with Crippen LogP contribution in [0.3, 0.4) is 0 Å². The van der Waals surface area contributed by atoms with Crippen molar-refractivity contribution >= 4 is 5.91 Å². The van der Waals surface area contributed by atoms with Crippen LogP contribution in [-0.2, 0) is 4.79 Å². The van der Waals surface area contributed by atoms with E-state index in [0.29, 0.717) is 18.9 Å². The highest BCUT2D eigenvalue weighted by Crippen LogP contribution is 2.39. The molecule has 1 amide bonds. The molecule has 2 aliphatic carbocycles. The van der Waals surface area contributed by atoms with E-state index in [0.717, 1.165) is 12.3 Å². The van der Waals surface area contributed by atoms with Gasteiger partial charge in [0.05, 0.1) is 5.54 Å². The van der Waals surface area contributed by atoms with E-state index in [9.17, 15) is 4.79 Å². The summed E-state index contributed by atoms with van der Waals surface area (Å²) < 4.78 is 0. The van der Waals surface area contributed by atoms with E-state index in [1.807, 2.05) is 0 Å². The van der Waals surface area contributed by atoms with Crippen molar-refractivity contribution in [1.29, 1.82) is 0 Å². The number of amides is 1. The van der Waals surface area contributed by atoms with Gasteiger partial charge >= 0.3 is 0 Å². The average molecular weight is 238 g/mol. The number of hydrogen-bond donors (Lipinski definition) is 2. The van der Waals surface area contributed by atoms with Gasteiger partial charge in [-0.15, -0.1) is 0 Å². The minimum absolute atomic E-state index is 0.146. The van der Waals surface area contributed by atoms with Gasteiger partial charge in [-0.05, 0) is 38.0 Å². The Balaban J connectivity index is 1.71. The predicted molar refractivity (Wildman–Crippen MR) is 69.5 cm³/mol. The van der Waals surface area contributed by atoms with Crippen LogP contribution in [0.2, 0.25) is 0 Å². The van der Waals surface area contributed by atoms with Crippen molar-refractivity contribution in [2.45, 2.75) is 63.8 Å². The first-order valence-corrected chi connectivity index (χ1v) is 7.15. The molecule has 0 saturated heterocycles. The van der Waals surface area contributed by atoms with Gasteiger partial charge in [0.2, 0.25) is 5.91 Å². The van der Waals surface area contributed by atoms with Gasteiger partial charge < -0.3 is 11.1 Å². The number of nitrogens with two attached hydrogens (primary N) is 1. The van der Waals surface area contributed by atoms with Crippen LogP contribution in [0, 0.1) is 11.8 Å². The Hall–Kier alpha value is -0.570. The van der Waals surface area contributed by atoms with E-state index < -0.39 is 0 Å². The Labute approximate surface area is 105 Å². The fourth-order valence-corrected chi connectivity index (χ4v) is 3.06. The summed E-state index contributed by atoms with van der Waals surface area (Å²) >= 11 is 0. The molecular formula is C14H26N2O. The molecule has 1 unspecified atom stereocenters. The van der Waals surface area contributed by atoms with Crippen LogP contribution in [0.5, 0.6) is 0 Å². The molecule has 0 aromatic carbocycles. The van der Waals surface area contributed by atoms with Gasteiger partial charge in [-0.1, -0.05) is 25.7 Å². The molecule has 0 bridgehead atoms. The third-order valence-corrected chi connectivity index (χ3v) is 4.58. The lowest BCUT2D eigenvalue weighted by atomic mass is 9.95. The summed E-state index contributed by atoms with van der Waals surface area (Å²) in [6.07, 6.45) is 9.55. The van der Waals surface area contributed by atoms with Crippen molar-refractivity contribution < 1.29 is 4.79 Å². The van der Waals surface area contributed by atoms with E-state index in [1.54, 1.807) is 0 Å². The molecule has 2 rings (SSSR count). The topological polar surface area (TPSA) is 55.1 Å². The first-order chi connectivity index (χ1) is 8.14. The molecule has 0 radical (unpaired) electrons. The Bertz CT molecular complexity index is 269. The van der Waals surface area contributed by atoms with E-state index >= 15 is 0 Å². The number of nitrogens with one attached hydrogen (secondary N) is 1. The fraction of sp³-hybridized carbons (Fsp3) is 0.929. The Morgan fingerprint density at radius 3 is 2.47 bits per heavy atom. The van der Waals surface area contributed by atoms with Crippen LogP contribution in [0.25, 0.3) is 0 Å². The van der Waals surface area contributed by atoms with Crippen molar-refractivity contribution in [3.8, 4) is 0 Å². The first kappa shape index (κ1) is 12.9. The second kappa shape index (κ2) is 5.38. The highest BCUT2D eigenvalue weighted by Gasteiger charge is 2.41. The molecule has 0 aliphatic heterocycles. The Morgan fingerprint density at radius 2 is 1.94 bits per heavy atom. The summed E-state index contributed by atoms with van der Waals surface area (Å²) in [7, 11) is 0. The largest absolute Gasteiger partial charge is 0.349 e. The second-order valence-corrected chi connectivity index (χ2v) is 6.13. The summed E-state index contributed by atoms with van der Waals surface area (Å²) in [5, 5.41) is 3.17. The van der Waals surface area contributed by atoms with E-state index in [1.165, 1.54) is 38.5 Å². The van der Waals surface area contributed by atoms with Crippen LogP contribution >= 0.6 is 0 Å². The van der Waals surface area contributed by atoms with E-state index in [4.69, 9.17) is 5.73 Å². The quantitative estimate of drug-likeness (QED) is 0.745. The molecule has 1 atom stereocenters. The summed E-state index contributed by atoms with van der Waals surface area (Å²) in [4.78, 5) is 11.9. The number of carbonyl (C=O) groups is 1. The molecule has 0 aromatic heterocycles. The molecule has 3 heteroatoms. The van der Waals surface area contributed by atoms with Crippen molar-refractivity contribution in [3.63, 3.8) is 0 Å². The fourth-order valence-electron chi connectivity index (χ4n) is 3.06. The lowest BCUT2D eigenvalue weighted by Crippen LogP contribution is -2.53. The van der Waals surface area contributed by atoms with Gasteiger partial charge in [-0.25, -0.2) is 0 Å². The zero-order chi connectivity index (χ0) is 12.3. The lowest BCUT2D eigenvalue weighted by Gasteiger charge is -2.29. The Kier molecular flexibility index (Phi) is 4.08.